The molecular formula is C61H39NO. The molecule has 0 unspecified atom stereocenters. The van der Waals surface area contributed by atoms with E-state index in [9.17, 15) is 0 Å². The van der Waals surface area contributed by atoms with Crippen molar-refractivity contribution in [3.63, 3.8) is 0 Å². The Bertz CT molecular complexity index is 3490. The number of nitrogens with zero attached hydrogens (tertiary/aromatic N) is 1. The molecule has 0 amide bonds. The number of furan rings is 1. The Morgan fingerprint density at radius 2 is 0.730 bits per heavy atom. The van der Waals surface area contributed by atoms with Gasteiger partial charge in [-0.1, -0.05) is 194 Å². The molecular weight excluding hydrogens is 763 g/mol. The molecule has 0 saturated carbocycles. The van der Waals surface area contributed by atoms with Gasteiger partial charge in [0.2, 0.25) is 0 Å². The van der Waals surface area contributed by atoms with Gasteiger partial charge in [0.25, 0.3) is 0 Å². The first kappa shape index (κ1) is 35.5. The van der Waals surface area contributed by atoms with E-state index in [0.29, 0.717) is 0 Å². The standard InChI is InChI=1S/C61H39NO/c1-2-15-40(16-3-1)41-29-33-43(34-30-41)62(44-35-31-42(32-36-44)46-23-14-24-53-52-22-9-13-28-59(52)63-60(46)53)45-37-38-58-54(39-45)51-21-8-12-27-57(51)61(58)55-25-10-6-19-49(55)47-17-4-5-18-48(47)50-20-7-11-26-56(50)61/h1-39H. The van der Waals surface area contributed by atoms with Gasteiger partial charge in [-0.2, -0.15) is 0 Å². The molecule has 1 heterocycles. The Morgan fingerprint density at radius 1 is 0.286 bits per heavy atom. The zero-order valence-electron chi connectivity index (χ0n) is 34.4. The van der Waals surface area contributed by atoms with Gasteiger partial charge in [-0.05, 0) is 115 Å². The molecule has 0 saturated heterocycles. The summed E-state index contributed by atoms with van der Waals surface area (Å²) in [6.07, 6.45) is 0. The predicted molar refractivity (Wildman–Crippen MR) is 261 cm³/mol. The third-order valence-corrected chi connectivity index (χ3v) is 13.5. The molecule has 0 bridgehead atoms. The molecule has 11 aromatic rings. The van der Waals surface area contributed by atoms with Crippen LogP contribution in [0, 0.1) is 0 Å². The maximum absolute atomic E-state index is 6.48. The van der Waals surface area contributed by atoms with Crippen LogP contribution in [0.15, 0.2) is 241 Å². The van der Waals surface area contributed by atoms with Crippen molar-refractivity contribution < 1.29 is 4.42 Å². The van der Waals surface area contributed by atoms with Crippen molar-refractivity contribution in [2.24, 2.45) is 0 Å². The van der Waals surface area contributed by atoms with Gasteiger partial charge in [-0.3, -0.25) is 0 Å². The summed E-state index contributed by atoms with van der Waals surface area (Å²) < 4.78 is 6.48. The first-order valence-electron chi connectivity index (χ1n) is 21.8. The van der Waals surface area contributed by atoms with Crippen molar-refractivity contribution in [2.75, 3.05) is 4.90 Å². The summed E-state index contributed by atoms with van der Waals surface area (Å²) in [6, 6.07) is 86.7. The van der Waals surface area contributed by atoms with Crippen LogP contribution in [0.1, 0.15) is 22.3 Å². The number of hydrogen-bond donors (Lipinski definition) is 0. The van der Waals surface area contributed by atoms with Gasteiger partial charge in [0.1, 0.15) is 11.2 Å². The normalized spacial score (nSPS) is 12.9. The van der Waals surface area contributed by atoms with Crippen molar-refractivity contribution in [1.29, 1.82) is 0 Å². The van der Waals surface area contributed by atoms with Gasteiger partial charge >= 0.3 is 0 Å². The summed E-state index contributed by atoms with van der Waals surface area (Å²) in [5.41, 5.74) is 21.9. The monoisotopic (exact) mass is 801 g/mol. The molecule has 0 N–H and O–H groups in total. The quantitative estimate of drug-likeness (QED) is 0.172. The van der Waals surface area contributed by atoms with Crippen LogP contribution in [0.5, 0.6) is 0 Å². The van der Waals surface area contributed by atoms with Crippen LogP contribution in [0.2, 0.25) is 0 Å². The van der Waals surface area contributed by atoms with E-state index in [1.54, 1.807) is 0 Å². The van der Waals surface area contributed by atoms with E-state index in [-0.39, 0.29) is 0 Å². The second-order valence-corrected chi connectivity index (χ2v) is 16.7. The summed E-state index contributed by atoms with van der Waals surface area (Å²) >= 11 is 0. The summed E-state index contributed by atoms with van der Waals surface area (Å²) in [7, 11) is 0. The molecule has 1 spiro atoms. The Morgan fingerprint density at radius 3 is 1.37 bits per heavy atom. The van der Waals surface area contributed by atoms with Crippen LogP contribution in [-0.2, 0) is 5.41 Å². The van der Waals surface area contributed by atoms with Gasteiger partial charge in [-0.25, -0.2) is 0 Å². The minimum Gasteiger partial charge on any atom is -0.455 e. The predicted octanol–water partition coefficient (Wildman–Crippen LogP) is 16.4. The van der Waals surface area contributed by atoms with E-state index in [1.807, 2.05) is 12.1 Å². The zero-order valence-corrected chi connectivity index (χ0v) is 34.4. The fraction of sp³-hybridized carbons (Fsp3) is 0.0164. The number of benzene rings is 10. The Balaban J connectivity index is 1.01. The summed E-state index contributed by atoms with van der Waals surface area (Å²) in [5.74, 6) is 0. The second kappa shape index (κ2) is 13.9. The van der Waals surface area contributed by atoms with E-state index in [4.69, 9.17) is 4.42 Å². The lowest BCUT2D eigenvalue weighted by Crippen LogP contribution is -2.29. The number of para-hydroxylation sites is 2. The van der Waals surface area contributed by atoms with Gasteiger partial charge < -0.3 is 9.32 Å². The maximum Gasteiger partial charge on any atom is 0.143 e. The lowest BCUT2D eigenvalue weighted by atomic mass is 9.66. The highest BCUT2D eigenvalue weighted by Gasteiger charge is 2.49. The minimum absolute atomic E-state index is 0.530. The first-order chi connectivity index (χ1) is 31.3. The fourth-order valence-electron chi connectivity index (χ4n) is 10.8. The van der Waals surface area contributed by atoms with E-state index in [0.717, 1.165) is 50.1 Å². The van der Waals surface area contributed by atoms with Gasteiger partial charge in [0, 0.05) is 33.4 Å². The number of rotatable bonds is 5. The van der Waals surface area contributed by atoms with Crippen molar-refractivity contribution in [3.05, 3.63) is 259 Å². The molecule has 2 heteroatoms. The van der Waals surface area contributed by atoms with Crippen LogP contribution in [-0.4, -0.2) is 0 Å². The Hall–Kier alpha value is -8.20. The van der Waals surface area contributed by atoms with Crippen LogP contribution >= 0.6 is 0 Å². The topological polar surface area (TPSA) is 16.4 Å². The summed E-state index contributed by atoms with van der Waals surface area (Å²) in [4.78, 5) is 2.40. The molecule has 2 aliphatic rings. The molecule has 2 nitrogen and oxygen atoms in total. The smallest absolute Gasteiger partial charge is 0.143 e. The lowest BCUT2D eigenvalue weighted by molar-refractivity contribution is 0.670. The molecule has 1 aromatic heterocycles. The van der Waals surface area contributed by atoms with E-state index in [2.05, 4.69) is 229 Å². The highest BCUT2D eigenvalue weighted by molar-refractivity contribution is 6.09. The number of hydrogen-bond acceptors (Lipinski definition) is 2. The van der Waals surface area contributed by atoms with Crippen LogP contribution in [0.4, 0.5) is 17.1 Å². The van der Waals surface area contributed by atoms with Gasteiger partial charge in [0.05, 0.1) is 5.41 Å². The van der Waals surface area contributed by atoms with Crippen molar-refractivity contribution in [3.8, 4) is 55.6 Å². The molecule has 0 fully saturated rings. The molecule has 2 aliphatic carbocycles. The zero-order chi connectivity index (χ0) is 41.5. The minimum atomic E-state index is -0.530. The first-order valence-corrected chi connectivity index (χ1v) is 21.8. The van der Waals surface area contributed by atoms with E-state index < -0.39 is 5.41 Å². The molecule has 0 radical (unpaired) electrons. The van der Waals surface area contributed by atoms with Crippen molar-refractivity contribution in [1.82, 2.24) is 0 Å². The van der Waals surface area contributed by atoms with E-state index >= 15 is 0 Å². The largest absolute Gasteiger partial charge is 0.455 e. The van der Waals surface area contributed by atoms with E-state index in [1.165, 1.54) is 66.8 Å². The fourth-order valence-corrected chi connectivity index (χ4v) is 10.8. The average Bonchev–Trinajstić information content (AvgIpc) is 3.85. The second-order valence-electron chi connectivity index (χ2n) is 16.7. The third kappa shape index (κ3) is 5.25. The van der Waals surface area contributed by atoms with Gasteiger partial charge in [-0.15, -0.1) is 0 Å². The van der Waals surface area contributed by atoms with Crippen molar-refractivity contribution in [2.45, 2.75) is 5.41 Å². The highest BCUT2D eigenvalue weighted by Crippen LogP contribution is 2.62. The Kier molecular flexibility index (Phi) is 7.85. The average molecular weight is 802 g/mol. The SMILES string of the molecule is c1ccc(-c2ccc(N(c3ccc(-c4cccc5c4oc4ccccc45)cc3)c3ccc4c(c3)-c3ccccc3C43c4ccccc4-c4ccccc4-c4ccccc43)cc2)cc1. The highest BCUT2D eigenvalue weighted by atomic mass is 16.3. The van der Waals surface area contributed by atoms with Crippen LogP contribution < -0.4 is 4.90 Å². The molecule has 10 aromatic carbocycles. The van der Waals surface area contributed by atoms with Crippen LogP contribution in [0.25, 0.3) is 77.6 Å². The summed E-state index contributed by atoms with van der Waals surface area (Å²) in [5, 5.41) is 2.27. The molecule has 0 aliphatic heterocycles. The number of anilines is 3. The van der Waals surface area contributed by atoms with Crippen LogP contribution in [0.3, 0.4) is 0 Å². The third-order valence-electron chi connectivity index (χ3n) is 13.5. The Labute approximate surface area is 366 Å². The maximum atomic E-state index is 6.48. The van der Waals surface area contributed by atoms with Crippen molar-refractivity contribution >= 4 is 39.0 Å². The molecule has 294 valence electrons. The molecule has 13 rings (SSSR count). The van der Waals surface area contributed by atoms with Gasteiger partial charge in [0.15, 0.2) is 0 Å². The lowest BCUT2D eigenvalue weighted by Gasteiger charge is -2.35. The summed E-state index contributed by atoms with van der Waals surface area (Å²) in [6.45, 7) is 0. The molecule has 0 atom stereocenters. The number of fused-ring (bicyclic) bond motifs is 15. The molecule has 63 heavy (non-hydrogen) atoms.